The smallest absolute Gasteiger partial charge is 0.490 e. The van der Waals surface area contributed by atoms with E-state index in [1.807, 2.05) is 12.3 Å². The largest absolute Gasteiger partial charge is 0.504 e. The van der Waals surface area contributed by atoms with Crippen LogP contribution in [0.4, 0.5) is 24.5 Å². The molecule has 4 aliphatic heterocycles. The molecule has 0 unspecified atom stereocenters. The molecule has 1 aliphatic carbocycles. The molecule has 6 rings (SSSR count). The maximum Gasteiger partial charge on any atom is 0.490 e. The van der Waals surface area contributed by atoms with Crippen LogP contribution < -0.4 is 15.9 Å². The number of allylic oxidation sites excluding steroid dienone is 4. The third-order valence-corrected chi connectivity index (χ3v) is 7.75. The molecule has 0 radical (unpaired) electrons. The van der Waals surface area contributed by atoms with Crippen molar-refractivity contribution in [2.75, 3.05) is 11.9 Å². The van der Waals surface area contributed by atoms with Gasteiger partial charge in [0.05, 0.1) is 26.3 Å². The van der Waals surface area contributed by atoms with Crippen molar-refractivity contribution in [1.29, 1.82) is 0 Å². The molecule has 0 amide bonds. The summed E-state index contributed by atoms with van der Waals surface area (Å²) in [6.45, 7) is 0.723. The number of anilines is 1. The van der Waals surface area contributed by atoms with Gasteiger partial charge in [0, 0.05) is 28.4 Å². The molecule has 32 heavy (non-hydrogen) atoms. The van der Waals surface area contributed by atoms with Crippen molar-refractivity contribution >= 4 is 62.6 Å². The highest BCUT2D eigenvalue weighted by molar-refractivity contribution is 9.12. The fourth-order valence-electron chi connectivity index (χ4n) is 4.56. The van der Waals surface area contributed by atoms with E-state index in [4.69, 9.17) is 14.9 Å². The highest BCUT2D eigenvalue weighted by Crippen LogP contribution is 2.61. The van der Waals surface area contributed by atoms with Gasteiger partial charge in [0.15, 0.2) is 11.5 Å². The van der Waals surface area contributed by atoms with Gasteiger partial charge in [0.1, 0.15) is 5.69 Å². The van der Waals surface area contributed by atoms with Gasteiger partial charge in [-0.3, -0.25) is 14.8 Å². The first-order chi connectivity index (χ1) is 15.0. The zero-order valence-electron chi connectivity index (χ0n) is 16.0. The van der Waals surface area contributed by atoms with E-state index in [-0.39, 0.29) is 16.9 Å². The summed E-state index contributed by atoms with van der Waals surface area (Å²) < 4.78 is 32.3. The van der Waals surface area contributed by atoms with Gasteiger partial charge in [-0.25, -0.2) is 4.79 Å². The Hall–Kier alpha value is -2.60. The van der Waals surface area contributed by atoms with Crippen LogP contribution in [-0.2, 0) is 15.0 Å². The molecule has 0 aromatic heterocycles. The van der Waals surface area contributed by atoms with Crippen molar-refractivity contribution in [3.63, 3.8) is 0 Å². The van der Waals surface area contributed by atoms with Gasteiger partial charge >= 0.3 is 12.1 Å². The molecule has 7 nitrogen and oxygen atoms in total. The minimum absolute atomic E-state index is 0.00576. The Balaban J connectivity index is 0.000000272. The zero-order valence-corrected chi connectivity index (χ0v) is 18.4. The number of hydrogen-bond donors (Lipinski definition) is 3. The second kappa shape index (κ2) is 6.95. The van der Waals surface area contributed by atoms with E-state index in [1.165, 1.54) is 0 Å². The maximum absolute atomic E-state index is 12.2. The molecule has 1 saturated heterocycles. The molecule has 5 aliphatic rings. The number of aromatic hydroxyl groups is 1. The Bertz CT molecular complexity index is 1340. The Morgan fingerprint density at radius 2 is 2.09 bits per heavy atom. The molecule has 3 N–H and O–H groups in total. The number of carboxylic acid groups (broad SMARTS) is 1. The van der Waals surface area contributed by atoms with Crippen LogP contribution in [0.3, 0.4) is 0 Å². The Morgan fingerprint density at radius 1 is 1.38 bits per heavy atom. The van der Waals surface area contributed by atoms with E-state index >= 15 is 0 Å². The van der Waals surface area contributed by atoms with Gasteiger partial charge in [0.2, 0.25) is 0 Å². The predicted octanol–water partition coefficient (Wildman–Crippen LogP) is 2.79. The van der Waals surface area contributed by atoms with Gasteiger partial charge in [-0.2, -0.15) is 13.2 Å². The summed E-state index contributed by atoms with van der Waals surface area (Å²) in [4.78, 5) is 31.4. The lowest BCUT2D eigenvalue weighted by atomic mass is 9.71. The molecule has 4 heterocycles. The molecule has 1 aromatic carbocycles. The number of ketones is 1. The number of aliphatic carboxylic acids is 1. The Kier molecular flexibility index (Phi) is 4.61. The first-order valence-electron chi connectivity index (χ1n) is 9.42. The summed E-state index contributed by atoms with van der Waals surface area (Å²) in [5.41, 5.74) is 3.07. The number of rotatable bonds is 0. The first-order valence-corrected chi connectivity index (χ1v) is 11.1. The molecule has 2 atom stereocenters. The van der Waals surface area contributed by atoms with Crippen molar-refractivity contribution in [3.8, 4) is 5.75 Å². The number of benzene rings is 1. The third-order valence-electron chi connectivity index (χ3n) is 5.82. The number of carboxylic acids is 1. The third kappa shape index (κ3) is 2.95. The molecular formula is C20H13BrF3N3O4S. The van der Waals surface area contributed by atoms with E-state index in [9.17, 15) is 23.1 Å². The average molecular weight is 528 g/mol. The number of nitrogens with one attached hydrogen (secondary N) is 1. The molecule has 166 valence electrons. The normalized spacial score (nSPS) is 25.9. The van der Waals surface area contributed by atoms with E-state index in [1.54, 1.807) is 17.8 Å². The van der Waals surface area contributed by atoms with Gasteiger partial charge in [0.25, 0.3) is 0 Å². The van der Waals surface area contributed by atoms with Crippen molar-refractivity contribution in [3.05, 3.63) is 37.7 Å². The number of fused-ring (bicyclic) bond motifs is 3. The fourth-order valence-corrected chi connectivity index (χ4v) is 6.52. The van der Waals surface area contributed by atoms with Crippen molar-refractivity contribution in [2.24, 2.45) is 9.98 Å². The van der Waals surface area contributed by atoms with Crippen LogP contribution in [0.15, 0.2) is 31.5 Å². The first kappa shape index (κ1) is 21.3. The highest BCUT2D eigenvalue weighted by Gasteiger charge is 2.53. The number of thioether (sulfide) groups is 1. The van der Waals surface area contributed by atoms with Crippen LogP contribution in [0.1, 0.15) is 18.4 Å². The maximum atomic E-state index is 12.2. The van der Waals surface area contributed by atoms with E-state index in [0.717, 1.165) is 51.7 Å². The Labute approximate surface area is 190 Å². The standard InChI is InChI=1S/C18H12BrN3O2S.C2HF3O2/c19-8-4-18-5-11(25-10(18)3-9(8)23)22-16-13(18)14-12-7(1-2-20-14)6-21-15(12)17(16)24;3-2(4,5)1(6)7/h3-4,6,11,22,24H,1-2,5H2;(H,6,7)/t11-,18-;/m0./s1. The van der Waals surface area contributed by atoms with E-state index < -0.39 is 17.6 Å². The predicted molar refractivity (Wildman–Crippen MR) is 115 cm³/mol. The molecule has 1 spiro atoms. The number of aliphatic imine (C=N–C) groups is 1. The molecule has 12 heteroatoms. The minimum atomic E-state index is -5.08. The minimum Gasteiger partial charge on any atom is -0.504 e. The lowest BCUT2D eigenvalue weighted by molar-refractivity contribution is -0.192. The topological polar surface area (TPSA) is 111 Å². The Morgan fingerprint density at radius 3 is 2.78 bits per heavy atom. The van der Waals surface area contributed by atoms with Crippen LogP contribution in [0, 0.1) is 0 Å². The highest BCUT2D eigenvalue weighted by atomic mass is 79.9. The number of carbonyl (C=O) groups excluding carboxylic acids is 1. The van der Waals surface area contributed by atoms with Crippen LogP contribution in [0.2, 0.25) is 0 Å². The fraction of sp³-hybridized carbons (Fsp3) is 0.300. The summed E-state index contributed by atoms with van der Waals surface area (Å²) in [5.74, 6) is -2.56. The number of nitrogens with zero attached hydrogens (tertiary/aromatic N) is 2. The summed E-state index contributed by atoms with van der Waals surface area (Å²) in [5, 5.41) is 23.5. The van der Waals surface area contributed by atoms with E-state index in [0.29, 0.717) is 10.2 Å². The molecule has 0 saturated carbocycles. The van der Waals surface area contributed by atoms with Crippen molar-refractivity contribution in [1.82, 2.24) is 0 Å². The number of phenols is 1. The lowest BCUT2D eigenvalue weighted by Gasteiger charge is -2.36. The second-order valence-corrected chi connectivity index (χ2v) is 9.78. The summed E-state index contributed by atoms with van der Waals surface area (Å²) in [6.07, 6.45) is 2.20. The molecule has 1 aromatic rings. The SMILES string of the molecule is O=C(O)C(F)(F)F.O=C1C=C2S[C@H]3C[C@]2(C=C1Br)c1c(c(O)c2c4c1=NCCC=4C=N2)N3. The molecule has 1 fully saturated rings. The number of carbonyl (C=O) groups is 2. The zero-order chi connectivity index (χ0) is 23.0. The second-order valence-electron chi connectivity index (χ2n) is 7.68. The number of hydrogen-bond acceptors (Lipinski definition) is 7. The average Bonchev–Trinajstić information content (AvgIpc) is 3.26. The van der Waals surface area contributed by atoms with Gasteiger partial charge in [-0.05, 0) is 40.4 Å². The number of alkyl halides is 3. The van der Waals surface area contributed by atoms with Gasteiger partial charge in [-0.1, -0.05) is 6.08 Å². The van der Waals surface area contributed by atoms with Crippen molar-refractivity contribution < 1.29 is 33.0 Å². The molecule has 2 bridgehead atoms. The monoisotopic (exact) mass is 527 g/mol. The quantitative estimate of drug-likeness (QED) is 0.447. The number of halogens is 4. The van der Waals surface area contributed by atoms with Gasteiger partial charge in [-0.15, -0.1) is 11.8 Å². The van der Waals surface area contributed by atoms with Crippen molar-refractivity contribution in [2.45, 2.75) is 29.8 Å². The summed E-state index contributed by atoms with van der Waals surface area (Å²) in [7, 11) is 0. The molecular weight excluding hydrogens is 515 g/mol. The summed E-state index contributed by atoms with van der Waals surface area (Å²) >= 11 is 5.10. The van der Waals surface area contributed by atoms with Gasteiger partial charge < -0.3 is 15.5 Å². The van der Waals surface area contributed by atoms with Crippen LogP contribution >= 0.6 is 27.7 Å². The van der Waals surface area contributed by atoms with E-state index in [2.05, 4.69) is 26.2 Å². The number of phenolic OH excluding ortho intramolecular Hbond substituents is 1. The van der Waals surface area contributed by atoms with Crippen LogP contribution in [-0.4, -0.2) is 46.3 Å². The lowest BCUT2D eigenvalue weighted by Crippen LogP contribution is -2.44. The van der Waals surface area contributed by atoms with Crippen LogP contribution in [0.5, 0.6) is 5.75 Å². The van der Waals surface area contributed by atoms with Crippen LogP contribution in [0.25, 0.3) is 5.57 Å². The summed E-state index contributed by atoms with van der Waals surface area (Å²) in [6, 6.07) is 0.